The van der Waals surface area contributed by atoms with Crippen LogP contribution in [0.15, 0.2) is 42.5 Å². The zero-order valence-electron chi connectivity index (χ0n) is 12.0. The quantitative estimate of drug-likeness (QED) is 0.703. The molecule has 98 valence electrons. The maximum Gasteiger partial charge on any atom is 0.150 e. The predicted octanol–water partition coefficient (Wildman–Crippen LogP) is 4.77. The van der Waals surface area contributed by atoms with Crippen LogP contribution < -0.4 is 0 Å². The van der Waals surface area contributed by atoms with Crippen LogP contribution in [0.1, 0.15) is 42.3 Å². The van der Waals surface area contributed by atoms with Gasteiger partial charge in [0.1, 0.15) is 0 Å². The molecule has 2 aromatic carbocycles. The monoisotopic (exact) mass is 252 g/mol. The second kappa shape index (κ2) is 5.00. The molecule has 0 aromatic heterocycles. The Kier molecular flexibility index (Phi) is 3.57. The van der Waals surface area contributed by atoms with Crippen LogP contribution in [-0.4, -0.2) is 6.29 Å². The highest BCUT2D eigenvalue weighted by Gasteiger charge is 2.16. The van der Waals surface area contributed by atoms with E-state index in [2.05, 4.69) is 58.0 Å². The highest BCUT2D eigenvalue weighted by molar-refractivity contribution is 5.88. The van der Waals surface area contributed by atoms with Crippen LogP contribution in [0.3, 0.4) is 0 Å². The summed E-state index contributed by atoms with van der Waals surface area (Å²) in [7, 11) is 0. The zero-order valence-corrected chi connectivity index (χ0v) is 12.0. The molecule has 0 saturated carbocycles. The second-order valence-corrected chi connectivity index (χ2v) is 6.04. The molecule has 0 fully saturated rings. The third-order valence-corrected chi connectivity index (χ3v) is 3.41. The number of carbonyl (C=O) groups excluding carboxylic acids is 1. The number of rotatable bonds is 2. The first-order chi connectivity index (χ1) is 8.91. The predicted molar refractivity (Wildman–Crippen MR) is 80.7 cm³/mol. The molecule has 2 aromatic rings. The Morgan fingerprint density at radius 3 is 2.11 bits per heavy atom. The molecule has 0 aliphatic heterocycles. The molecule has 0 spiro atoms. The van der Waals surface area contributed by atoms with Crippen LogP contribution in [-0.2, 0) is 5.41 Å². The van der Waals surface area contributed by atoms with Crippen molar-refractivity contribution in [2.24, 2.45) is 0 Å². The van der Waals surface area contributed by atoms with Crippen LogP contribution in [0.2, 0.25) is 0 Å². The standard InChI is InChI=1S/C18H20O/c1-13-5-7-14(8-6-13)17-11-16(18(2,3)4)10-9-15(17)12-19/h5-12H,1-4H3. The molecule has 0 amide bonds. The van der Waals surface area contributed by atoms with Gasteiger partial charge in [0.25, 0.3) is 0 Å². The van der Waals surface area contributed by atoms with E-state index in [1.165, 1.54) is 11.1 Å². The van der Waals surface area contributed by atoms with Crippen LogP contribution in [0.4, 0.5) is 0 Å². The molecule has 0 aliphatic rings. The SMILES string of the molecule is Cc1ccc(-c2cc(C(C)(C)C)ccc2C=O)cc1. The van der Waals surface area contributed by atoms with Gasteiger partial charge in [-0.25, -0.2) is 0 Å². The van der Waals surface area contributed by atoms with E-state index in [1.807, 2.05) is 12.1 Å². The Labute approximate surface area is 115 Å². The molecule has 1 heteroatoms. The molecule has 0 aliphatic carbocycles. The number of hydrogen-bond donors (Lipinski definition) is 0. The van der Waals surface area contributed by atoms with Crippen molar-refractivity contribution in [2.45, 2.75) is 33.1 Å². The van der Waals surface area contributed by atoms with Crippen molar-refractivity contribution in [3.8, 4) is 11.1 Å². The maximum absolute atomic E-state index is 11.2. The molecular weight excluding hydrogens is 232 g/mol. The van der Waals surface area contributed by atoms with E-state index < -0.39 is 0 Å². The van der Waals surface area contributed by atoms with E-state index >= 15 is 0 Å². The van der Waals surface area contributed by atoms with Crippen LogP contribution in [0.25, 0.3) is 11.1 Å². The molecule has 19 heavy (non-hydrogen) atoms. The minimum Gasteiger partial charge on any atom is -0.298 e. The highest BCUT2D eigenvalue weighted by atomic mass is 16.1. The van der Waals surface area contributed by atoms with Crippen LogP contribution in [0, 0.1) is 6.92 Å². The molecule has 0 N–H and O–H groups in total. The lowest BCUT2D eigenvalue weighted by atomic mass is 9.84. The van der Waals surface area contributed by atoms with Gasteiger partial charge in [-0.15, -0.1) is 0 Å². The summed E-state index contributed by atoms with van der Waals surface area (Å²) < 4.78 is 0. The Bertz CT molecular complexity index is 586. The normalized spacial score (nSPS) is 11.4. The summed E-state index contributed by atoms with van der Waals surface area (Å²) in [6, 6.07) is 14.4. The molecule has 0 saturated heterocycles. The first kappa shape index (κ1) is 13.5. The summed E-state index contributed by atoms with van der Waals surface area (Å²) in [5.41, 5.74) is 5.41. The van der Waals surface area contributed by atoms with Gasteiger partial charge in [0.15, 0.2) is 6.29 Å². The van der Waals surface area contributed by atoms with Crippen LogP contribution in [0.5, 0.6) is 0 Å². The molecule has 0 atom stereocenters. The van der Waals surface area contributed by atoms with E-state index in [-0.39, 0.29) is 5.41 Å². The first-order valence-corrected chi connectivity index (χ1v) is 6.58. The smallest absolute Gasteiger partial charge is 0.150 e. The number of benzene rings is 2. The first-order valence-electron chi connectivity index (χ1n) is 6.58. The second-order valence-electron chi connectivity index (χ2n) is 6.04. The fourth-order valence-corrected chi connectivity index (χ4v) is 2.11. The van der Waals surface area contributed by atoms with Crippen molar-refractivity contribution >= 4 is 6.29 Å². The fraction of sp³-hybridized carbons (Fsp3) is 0.278. The largest absolute Gasteiger partial charge is 0.298 e. The summed E-state index contributed by atoms with van der Waals surface area (Å²) in [6.07, 6.45) is 0.932. The lowest BCUT2D eigenvalue weighted by Crippen LogP contribution is -2.11. The molecule has 0 heterocycles. The Hall–Kier alpha value is -1.89. The molecule has 0 bridgehead atoms. The third-order valence-electron chi connectivity index (χ3n) is 3.41. The molecule has 1 nitrogen and oxygen atoms in total. The van der Waals surface area contributed by atoms with E-state index in [1.54, 1.807) is 0 Å². The van der Waals surface area contributed by atoms with E-state index in [0.717, 1.165) is 23.0 Å². The molecule has 0 unspecified atom stereocenters. The molecule has 2 rings (SSSR count). The van der Waals surface area contributed by atoms with Crippen molar-refractivity contribution in [2.75, 3.05) is 0 Å². The lowest BCUT2D eigenvalue weighted by Gasteiger charge is -2.20. The average molecular weight is 252 g/mol. The zero-order chi connectivity index (χ0) is 14.0. The van der Waals surface area contributed by atoms with Gasteiger partial charge < -0.3 is 0 Å². The van der Waals surface area contributed by atoms with E-state index in [9.17, 15) is 4.79 Å². The summed E-state index contributed by atoms with van der Waals surface area (Å²) in [5, 5.41) is 0. The van der Waals surface area contributed by atoms with Crippen molar-refractivity contribution in [1.29, 1.82) is 0 Å². The fourth-order valence-electron chi connectivity index (χ4n) is 2.11. The van der Waals surface area contributed by atoms with Crippen molar-refractivity contribution in [3.63, 3.8) is 0 Å². The topological polar surface area (TPSA) is 17.1 Å². The maximum atomic E-state index is 11.2. The van der Waals surface area contributed by atoms with Gasteiger partial charge >= 0.3 is 0 Å². The van der Waals surface area contributed by atoms with Crippen molar-refractivity contribution in [3.05, 3.63) is 59.2 Å². The number of aryl methyl sites for hydroxylation is 1. The van der Waals surface area contributed by atoms with Gasteiger partial charge in [0.05, 0.1) is 0 Å². The Morgan fingerprint density at radius 1 is 0.947 bits per heavy atom. The van der Waals surface area contributed by atoms with Gasteiger partial charge in [-0.3, -0.25) is 4.79 Å². The third kappa shape index (κ3) is 2.93. The molecular formula is C18H20O. The summed E-state index contributed by atoms with van der Waals surface area (Å²) in [4.78, 5) is 11.2. The highest BCUT2D eigenvalue weighted by Crippen LogP contribution is 2.30. The number of aldehydes is 1. The van der Waals surface area contributed by atoms with E-state index in [0.29, 0.717) is 0 Å². The Balaban J connectivity index is 2.59. The number of carbonyl (C=O) groups is 1. The van der Waals surface area contributed by atoms with Crippen LogP contribution >= 0.6 is 0 Å². The average Bonchev–Trinajstić information content (AvgIpc) is 2.38. The summed E-state index contributed by atoms with van der Waals surface area (Å²) >= 11 is 0. The van der Waals surface area contributed by atoms with Gasteiger partial charge in [0, 0.05) is 5.56 Å². The minimum atomic E-state index is 0.0842. The van der Waals surface area contributed by atoms with Gasteiger partial charge in [-0.05, 0) is 35.1 Å². The van der Waals surface area contributed by atoms with Crippen molar-refractivity contribution in [1.82, 2.24) is 0 Å². The van der Waals surface area contributed by atoms with Gasteiger partial charge in [-0.2, -0.15) is 0 Å². The number of hydrogen-bond acceptors (Lipinski definition) is 1. The summed E-state index contributed by atoms with van der Waals surface area (Å²) in [6.45, 7) is 8.61. The lowest BCUT2D eigenvalue weighted by molar-refractivity contribution is 0.112. The van der Waals surface area contributed by atoms with E-state index in [4.69, 9.17) is 0 Å². The molecule has 0 radical (unpaired) electrons. The Morgan fingerprint density at radius 2 is 1.58 bits per heavy atom. The minimum absolute atomic E-state index is 0.0842. The summed E-state index contributed by atoms with van der Waals surface area (Å²) in [5.74, 6) is 0. The van der Waals surface area contributed by atoms with Crippen molar-refractivity contribution < 1.29 is 4.79 Å². The van der Waals surface area contributed by atoms with Gasteiger partial charge in [0.2, 0.25) is 0 Å². The van der Waals surface area contributed by atoms with Gasteiger partial charge in [-0.1, -0.05) is 62.7 Å².